The van der Waals surface area contributed by atoms with E-state index in [-0.39, 0.29) is 5.75 Å². The average molecular weight is 404 g/mol. The van der Waals surface area contributed by atoms with E-state index >= 15 is 0 Å². The molecule has 2 aromatic carbocycles. The molecule has 1 aromatic heterocycles. The van der Waals surface area contributed by atoms with Crippen molar-refractivity contribution in [1.29, 1.82) is 0 Å². The number of hydrogen-bond donors (Lipinski definition) is 0. The molecule has 146 valence electrons. The maximum Gasteiger partial charge on any atom is 0.573 e. The third-order valence-electron chi connectivity index (χ3n) is 3.98. The molecule has 0 aliphatic heterocycles. The summed E-state index contributed by atoms with van der Waals surface area (Å²) in [6, 6.07) is 13.9. The van der Waals surface area contributed by atoms with E-state index in [1.54, 1.807) is 12.1 Å². The standard InChI is InChI=1S/C21H19F3N2OS/c1-3-12-26(2)13-15-4-6-16(7-5-15)19-14-28-20(25-19)17-8-10-18(11-9-17)27-21(22,23)24/h3-11,14H,1,12-13H2,2H3. The minimum absolute atomic E-state index is 0.245. The van der Waals surface area contributed by atoms with Gasteiger partial charge in [0.05, 0.1) is 5.69 Å². The van der Waals surface area contributed by atoms with Gasteiger partial charge in [0.2, 0.25) is 0 Å². The Morgan fingerprint density at radius 1 is 1.07 bits per heavy atom. The monoisotopic (exact) mass is 404 g/mol. The Bertz CT molecular complexity index is 918. The molecular weight excluding hydrogens is 385 g/mol. The first-order chi connectivity index (χ1) is 13.3. The number of hydrogen-bond acceptors (Lipinski definition) is 4. The number of benzene rings is 2. The van der Waals surface area contributed by atoms with Crippen LogP contribution in [0.2, 0.25) is 0 Å². The molecule has 0 spiro atoms. The van der Waals surface area contributed by atoms with E-state index in [9.17, 15) is 13.2 Å². The lowest BCUT2D eigenvalue weighted by Crippen LogP contribution is -2.17. The molecular formula is C21H19F3N2OS. The summed E-state index contributed by atoms with van der Waals surface area (Å²) in [4.78, 5) is 6.77. The van der Waals surface area contributed by atoms with Gasteiger partial charge in [-0.3, -0.25) is 4.90 Å². The van der Waals surface area contributed by atoms with E-state index < -0.39 is 6.36 Å². The molecule has 0 fully saturated rings. The molecule has 0 bridgehead atoms. The van der Waals surface area contributed by atoms with Gasteiger partial charge >= 0.3 is 6.36 Å². The first kappa shape index (κ1) is 20.1. The van der Waals surface area contributed by atoms with Crippen LogP contribution in [0.15, 0.2) is 66.6 Å². The van der Waals surface area contributed by atoms with Crippen molar-refractivity contribution in [2.45, 2.75) is 12.9 Å². The average Bonchev–Trinajstić information content (AvgIpc) is 3.12. The summed E-state index contributed by atoms with van der Waals surface area (Å²) in [5.41, 5.74) is 3.77. The van der Waals surface area contributed by atoms with E-state index in [0.29, 0.717) is 0 Å². The molecule has 0 radical (unpaired) electrons. The quantitative estimate of drug-likeness (QED) is 0.452. The zero-order chi connectivity index (χ0) is 20.1. The highest BCUT2D eigenvalue weighted by Crippen LogP contribution is 2.31. The Labute approximate surface area is 165 Å². The van der Waals surface area contributed by atoms with Crippen molar-refractivity contribution in [1.82, 2.24) is 9.88 Å². The van der Waals surface area contributed by atoms with Crippen molar-refractivity contribution in [3.05, 3.63) is 72.1 Å². The molecule has 0 aliphatic rings. The van der Waals surface area contributed by atoms with Gasteiger partial charge in [-0.1, -0.05) is 30.3 Å². The number of thiazole rings is 1. The van der Waals surface area contributed by atoms with Crippen LogP contribution in [0.1, 0.15) is 5.56 Å². The third kappa shape index (κ3) is 5.43. The van der Waals surface area contributed by atoms with E-state index in [1.165, 1.54) is 29.0 Å². The van der Waals surface area contributed by atoms with Crippen molar-refractivity contribution in [2.75, 3.05) is 13.6 Å². The summed E-state index contributed by atoms with van der Waals surface area (Å²) in [6.45, 7) is 5.40. The van der Waals surface area contributed by atoms with Gasteiger partial charge in [-0.2, -0.15) is 0 Å². The zero-order valence-corrected chi connectivity index (χ0v) is 16.1. The molecule has 0 unspecified atom stereocenters. The second-order valence-electron chi connectivity index (χ2n) is 6.29. The summed E-state index contributed by atoms with van der Waals surface area (Å²) in [6.07, 6.45) is -2.82. The number of likely N-dealkylation sites (N-methyl/N-ethyl adjacent to an activating group) is 1. The molecule has 3 aromatic rings. The van der Waals surface area contributed by atoms with Gasteiger partial charge in [-0.05, 0) is 36.9 Å². The molecule has 0 amide bonds. The van der Waals surface area contributed by atoms with Crippen molar-refractivity contribution >= 4 is 11.3 Å². The Morgan fingerprint density at radius 2 is 1.71 bits per heavy atom. The summed E-state index contributed by atoms with van der Waals surface area (Å²) in [5, 5.41) is 2.68. The molecule has 0 atom stereocenters. The first-order valence-electron chi connectivity index (χ1n) is 8.54. The van der Waals surface area contributed by atoms with Gasteiger partial charge < -0.3 is 4.74 Å². The fourth-order valence-electron chi connectivity index (χ4n) is 2.72. The van der Waals surface area contributed by atoms with E-state index in [2.05, 4.69) is 33.3 Å². The second kappa shape index (κ2) is 8.58. The van der Waals surface area contributed by atoms with Crippen LogP contribution < -0.4 is 4.74 Å². The van der Waals surface area contributed by atoms with E-state index in [1.807, 2.05) is 30.6 Å². The predicted octanol–water partition coefficient (Wildman–Crippen LogP) is 5.99. The minimum Gasteiger partial charge on any atom is -0.406 e. The topological polar surface area (TPSA) is 25.4 Å². The number of halogens is 3. The maximum absolute atomic E-state index is 12.3. The van der Waals surface area contributed by atoms with Crippen molar-refractivity contribution in [3.8, 4) is 27.6 Å². The Morgan fingerprint density at radius 3 is 2.32 bits per heavy atom. The largest absolute Gasteiger partial charge is 0.573 e. The maximum atomic E-state index is 12.3. The highest BCUT2D eigenvalue weighted by molar-refractivity contribution is 7.13. The fourth-order valence-corrected chi connectivity index (χ4v) is 3.55. The highest BCUT2D eigenvalue weighted by atomic mass is 32.1. The van der Waals surface area contributed by atoms with Crippen LogP contribution in [0.3, 0.4) is 0 Å². The Hall–Kier alpha value is -2.64. The highest BCUT2D eigenvalue weighted by Gasteiger charge is 2.31. The lowest BCUT2D eigenvalue weighted by atomic mass is 10.1. The fraction of sp³-hybridized carbons (Fsp3) is 0.190. The molecule has 1 heterocycles. The predicted molar refractivity (Wildman–Crippen MR) is 106 cm³/mol. The molecule has 3 nitrogen and oxygen atoms in total. The van der Waals surface area contributed by atoms with E-state index in [0.717, 1.165) is 34.9 Å². The summed E-state index contributed by atoms with van der Waals surface area (Å²) >= 11 is 1.44. The smallest absolute Gasteiger partial charge is 0.406 e. The zero-order valence-electron chi connectivity index (χ0n) is 15.2. The first-order valence-corrected chi connectivity index (χ1v) is 9.42. The number of nitrogens with zero attached hydrogens (tertiary/aromatic N) is 2. The number of aromatic nitrogens is 1. The van der Waals surface area contributed by atoms with Gasteiger partial charge in [0.25, 0.3) is 0 Å². The molecule has 7 heteroatoms. The van der Waals surface area contributed by atoms with Crippen LogP contribution >= 0.6 is 11.3 Å². The van der Waals surface area contributed by atoms with Gasteiger partial charge in [0, 0.05) is 29.6 Å². The van der Waals surface area contributed by atoms with Crippen molar-refractivity contribution in [3.63, 3.8) is 0 Å². The SMILES string of the molecule is C=CCN(C)Cc1ccc(-c2csc(-c3ccc(OC(F)(F)F)cc3)n2)cc1. The van der Waals surface area contributed by atoms with Gasteiger partial charge in [-0.25, -0.2) is 4.98 Å². The van der Waals surface area contributed by atoms with Crippen LogP contribution in [-0.2, 0) is 6.54 Å². The molecule has 0 aliphatic carbocycles. The van der Waals surface area contributed by atoms with Crippen LogP contribution in [0, 0.1) is 0 Å². The second-order valence-corrected chi connectivity index (χ2v) is 7.15. The Balaban J connectivity index is 1.70. The Kier molecular flexibility index (Phi) is 6.16. The van der Waals surface area contributed by atoms with Crippen LogP contribution in [0.5, 0.6) is 5.75 Å². The number of rotatable bonds is 7. The molecule has 3 rings (SSSR count). The molecule has 0 saturated carbocycles. The minimum atomic E-state index is -4.69. The molecule has 0 saturated heterocycles. The third-order valence-corrected chi connectivity index (χ3v) is 4.87. The van der Waals surface area contributed by atoms with Crippen LogP contribution in [0.4, 0.5) is 13.2 Å². The van der Waals surface area contributed by atoms with Crippen molar-refractivity contribution in [2.24, 2.45) is 0 Å². The lowest BCUT2D eigenvalue weighted by molar-refractivity contribution is -0.274. The van der Waals surface area contributed by atoms with Gasteiger partial charge in [-0.15, -0.1) is 31.1 Å². The lowest BCUT2D eigenvalue weighted by Gasteiger charge is -2.14. The molecule has 28 heavy (non-hydrogen) atoms. The van der Waals surface area contributed by atoms with Crippen LogP contribution in [0.25, 0.3) is 21.8 Å². The van der Waals surface area contributed by atoms with Crippen molar-refractivity contribution < 1.29 is 17.9 Å². The normalized spacial score (nSPS) is 11.6. The van der Waals surface area contributed by atoms with Gasteiger partial charge in [0.15, 0.2) is 0 Å². The van der Waals surface area contributed by atoms with E-state index in [4.69, 9.17) is 0 Å². The summed E-state index contributed by atoms with van der Waals surface area (Å²) in [5.74, 6) is -0.245. The van der Waals surface area contributed by atoms with Gasteiger partial charge in [0.1, 0.15) is 10.8 Å². The number of ether oxygens (including phenoxy) is 1. The summed E-state index contributed by atoms with van der Waals surface area (Å²) < 4.78 is 40.7. The summed E-state index contributed by atoms with van der Waals surface area (Å²) in [7, 11) is 2.04. The number of alkyl halides is 3. The van der Waals surface area contributed by atoms with Crippen LogP contribution in [-0.4, -0.2) is 29.8 Å². The molecule has 0 N–H and O–H groups in total.